The minimum absolute atomic E-state index is 0.0838. The first kappa shape index (κ1) is 14.9. The molecule has 1 amide bonds. The second-order valence-corrected chi connectivity index (χ2v) is 4.75. The molecule has 2 atom stereocenters. The molecule has 0 spiro atoms. The van der Waals surface area contributed by atoms with E-state index in [9.17, 15) is 19.5 Å². The highest BCUT2D eigenvalue weighted by Crippen LogP contribution is 2.17. The molecule has 1 aliphatic rings. The first-order valence-corrected chi connectivity index (χ1v) is 6.21. The molecule has 5 N–H and O–H groups in total. The van der Waals surface area contributed by atoms with E-state index in [4.69, 9.17) is 10.2 Å². The highest BCUT2D eigenvalue weighted by atomic mass is 16.4. The average Bonchev–Trinajstić information content (AvgIpc) is 2.85. The molecule has 0 radical (unpaired) electrons. The lowest BCUT2D eigenvalue weighted by Gasteiger charge is -2.12. The van der Waals surface area contributed by atoms with Crippen LogP contribution < -0.4 is 10.6 Å². The molecule has 1 fully saturated rings. The Kier molecular flexibility index (Phi) is 4.20. The van der Waals surface area contributed by atoms with Crippen LogP contribution in [-0.4, -0.2) is 51.9 Å². The quantitative estimate of drug-likeness (QED) is 0.516. The van der Waals surface area contributed by atoms with Crippen LogP contribution in [0.1, 0.15) is 27.1 Å². The van der Waals surface area contributed by atoms with Crippen molar-refractivity contribution in [1.29, 1.82) is 0 Å². The van der Waals surface area contributed by atoms with Gasteiger partial charge in [0.15, 0.2) is 0 Å². The number of nitrogens with one attached hydrogen (secondary N) is 2. The van der Waals surface area contributed by atoms with Crippen LogP contribution in [0.3, 0.4) is 0 Å². The Hall–Kier alpha value is -2.45. The summed E-state index contributed by atoms with van der Waals surface area (Å²) in [7, 11) is 0. The van der Waals surface area contributed by atoms with Crippen LogP contribution in [0.2, 0.25) is 0 Å². The summed E-state index contributed by atoms with van der Waals surface area (Å²) in [5.74, 6) is -3.03. The van der Waals surface area contributed by atoms with Crippen molar-refractivity contribution in [3.05, 3.63) is 29.3 Å². The van der Waals surface area contributed by atoms with Gasteiger partial charge in [0.05, 0.1) is 23.3 Å². The molecule has 8 nitrogen and oxygen atoms in total. The Labute approximate surface area is 119 Å². The predicted octanol–water partition coefficient (Wildman–Crippen LogP) is -0.256. The topological polar surface area (TPSA) is 136 Å². The van der Waals surface area contributed by atoms with Gasteiger partial charge in [-0.3, -0.25) is 4.79 Å². The van der Waals surface area contributed by atoms with E-state index in [2.05, 4.69) is 10.6 Å². The zero-order chi connectivity index (χ0) is 15.6. The molecule has 0 saturated carbocycles. The minimum atomic E-state index is -1.29. The van der Waals surface area contributed by atoms with Gasteiger partial charge in [-0.25, -0.2) is 9.59 Å². The Morgan fingerprint density at radius 3 is 2.10 bits per heavy atom. The van der Waals surface area contributed by atoms with E-state index >= 15 is 0 Å². The number of β-amino-alcohol motifs (C(OH)–C–C–N with tert-alkyl or cyclic N) is 1. The summed E-state index contributed by atoms with van der Waals surface area (Å²) < 4.78 is 0. The number of anilines is 1. The highest BCUT2D eigenvalue weighted by molar-refractivity contribution is 6.00. The number of aliphatic hydroxyl groups excluding tert-OH is 1. The van der Waals surface area contributed by atoms with Gasteiger partial charge in [-0.2, -0.15) is 0 Å². The first-order valence-electron chi connectivity index (χ1n) is 6.21. The molecule has 8 heteroatoms. The molecule has 2 rings (SSSR count). The Morgan fingerprint density at radius 1 is 1.10 bits per heavy atom. The molecule has 1 aliphatic heterocycles. The van der Waals surface area contributed by atoms with Gasteiger partial charge < -0.3 is 26.0 Å². The molecular weight excluding hydrogens is 280 g/mol. The molecule has 112 valence electrons. The fraction of sp³-hybridized carbons (Fsp3) is 0.308. The number of aliphatic hydroxyl groups is 1. The number of carboxylic acid groups (broad SMARTS) is 2. The van der Waals surface area contributed by atoms with Gasteiger partial charge in [0.25, 0.3) is 0 Å². The van der Waals surface area contributed by atoms with Crippen LogP contribution in [0.15, 0.2) is 18.2 Å². The van der Waals surface area contributed by atoms with E-state index in [-0.39, 0.29) is 23.2 Å². The van der Waals surface area contributed by atoms with Crippen LogP contribution in [0.4, 0.5) is 5.69 Å². The predicted molar refractivity (Wildman–Crippen MR) is 71.4 cm³/mol. The number of aromatic carboxylic acids is 2. The first-order chi connectivity index (χ1) is 9.86. The van der Waals surface area contributed by atoms with Crippen molar-refractivity contribution in [2.24, 2.45) is 0 Å². The Bertz CT molecular complexity index is 568. The zero-order valence-corrected chi connectivity index (χ0v) is 10.9. The van der Waals surface area contributed by atoms with Crippen LogP contribution in [-0.2, 0) is 4.79 Å². The summed E-state index contributed by atoms with van der Waals surface area (Å²) >= 11 is 0. The normalized spacial score (nSPS) is 21.0. The molecule has 1 heterocycles. The summed E-state index contributed by atoms with van der Waals surface area (Å²) in [6, 6.07) is 2.77. The third kappa shape index (κ3) is 3.56. The fourth-order valence-corrected chi connectivity index (χ4v) is 2.09. The molecule has 21 heavy (non-hydrogen) atoms. The third-order valence-corrected chi connectivity index (χ3v) is 3.12. The van der Waals surface area contributed by atoms with Gasteiger partial charge in [-0.15, -0.1) is 0 Å². The SMILES string of the molecule is O=C(O)c1cc(NC(=O)C2CC(O)CN2)cc(C(=O)O)c1. The number of hydrogen-bond donors (Lipinski definition) is 5. The van der Waals surface area contributed by atoms with Crippen LogP contribution >= 0.6 is 0 Å². The number of rotatable bonds is 4. The molecule has 0 aliphatic carbocycles. The van der Waals surface area contributed by atoms with E-state index in [1.54, 1.807) is 0 Å². The van der Waals surface area contributed by atoms with E-state index in [0.717, 1.165) is 6.07 Å². The van der Waals surface area contributed by atoms with E-state index in [1.807, 2.05) is 0 Å². The van der Waals surface area contributed by atoms with Gasteiger partial charge in [0.2, 0.25) is 5.91 Å². The lowest BCUT2D eigenvalue weighted by atomic mass is 10.1. The van der Waals surface area contributed by atoms with E-state index < -0.39 is 30.0 Å². The van der Waals surface area contributed by atoms with Crippen molar-refractivity contribution in [2.75, 3.05) is 11.9 Å². The van der Waals surface area contributed by atoms with E-state index in [1.165, 1.54) is 12.1 Å². The third-order valence-electron chi connectivity index (χ3n) is 3.12. The summed E-state index contributed by atoms with van der Waals surface area (Å²) in [6.07, 6.45) is -0.364. The van der Waals surface area contributed by atoms with Crippen molar-refractivity contribution < 1.29 is 29.7 Å². The number of carbonyl (C=O) groups is 3. The summed E-state index contributed by atoms with van der Waals surface area (Å²) in [6.45, 7) is 0.299. The maximum Gasteiger partial charge on any atom is 0.335 e. The van der Waals surface area contributed by atoms with Gasteiger partial charge in [-0.1, -0.05) is 0 Å². The van der Waals surface area contributed by atoms with E-state index in [0.29, 0.717) is 6.54 Å². The van der Waals surface area contributed by atoms with Gasteiger partial charge in [-0.05, 0) is 24.6 Å². The smallest absolute Gasteiger partial charge is 0.335 e. The summed E-state index contributed by atoms with van der Waals surface area (Å²) in [4.78, 5) is 33.9. The van der Waals surface area contributed by atoms with Crippen molar-refractivity contribution >= 4 is 23.5 Å². The lowest BCUT2D eigenvalue weighted by Crippen LogP contribution is -2.35. The Morgan fingerprint density at radius 2 is 1.67 bits per heavy atom. The number of amides is 1. The zero-order valence-electron chi connectivity index (χ0n) is 10.9. The molecule has 0 bridgehead atoms. The molecular formula is C13H14N2O6. The molecule has 1 saturated heterocycles. The van der Waals surface area contributed by atoms with Gasteiger partial charge >= 0.3 is 11.9 Å². The van der Waals surface area contributed by atoms with Gasteiger partial charge in [0.1, 0.15) is 0 Å². The summed E-state index contributed by atoms with van der Waals surface area (Å²) in [5.41, 5.74) is -0.380. The second-order valence-electron chi connectivity index (χ2n) is 4.75. The van der Waals surface area contributed by atoms with Crippen molar-refractivity contribution in [1.82, 2.24) is 5.32 Å². The number of benzene rings is 1. The minimum Gasteiger partial charge on any atom is -0.478 e. The van der Waals surface area contributed by atoms with Crippen molar-refractivity contribution in [3.8, 4) is 0 Å². The molecule has 0 aromatic heterocycles. The standard InChI is InChI=1S/C13H14N2O6/c16-9-4-10(14-5-9)11(17)15-8-2-6(12(18)19)1-7(3-8)13(20)21/h1-3,9-10,14,16H,4-5H2,(H,15,17)(H,18,19)(H,20,21). The maximum absolute atomic E-state index is 11.9. The van der Waals surface area contributed by atoms with Crippen molar-refractivity contribution in [2.45, 2.75) is 18.6 Å². The van der Waals surface area contributed by atoms with Crippen LogP contribution in [0.5, 0.6) is 0 Å². The summed E-state index contributed by atoms with van der Waals surface area (Å²) in [5, 5.41) is 32.5. The Balaban J connectivity index is 2.20. The molecule has 2 unspecified atom stereocenters. The van der Waals surface area contributed by atoms with Crippen LogP contribution in [0, 0.1) is 0 Å². The second kappa shape index (κ2) is 5.90. The van der Waals surface area contributed by atoms with Gasteiger partial charge in [0, 0.05) is 12.2 Å². The number of hydrogen-bond acceptors (Lipinski definition) is 5. The monoisotopic (exact) mass is 294 g/mol. The van der Waals surface area contributed by atoms with Crippen molar-refractivity contribution in [3.63, 3.8) is 0 Å². The molecule has 1 aromatic carbocycles. The largest absolute Gasteiger partial charge is 0.478 e. The maximum atomic E-state index is 11.9. The number of carbonyl (C=O) groups excluding carboxylic acids is 1. The lowest BCUT2D eigenvalue weighted by molar-refractivity contribution is -0.117. The fourth-order valence-electron chi connectivity index (χ4n) is 2.09. The molecule has 1 aromatic rings. The average molecular weight is 294 g/mol. The highest BCUT2D eigenvalue weighted by Gasteiger charge is 2.28. The number of carboxylic acids is 2. The van der Waals surface area contributed by atoms with Crippen LogP contribution in [0.25, 0.3) is 0 Å².